The molecule has 10 nitrogen and oxygen atoms in total. The first-order valence-corrected chi connectivity index (χ1v) is 13.9. The van der Waals surface area contributed by atoms with Gasteiger partial charge < -0.3 is 15.2 Å². The summed E-state index contributed by atoms with van der Waals surface area (Å²) in [7, 11) is -3.20. The van der Waals surface area contributed by atoms with E-state index in [9.17, 15) is 13.5 Å². The molecule has 1 aliphatic carbocycles. The van der Waals surface area contributed by atoms with Crippen LogP contribution in [0.1, 0.15) is 46.0 Å². The second kappa shape index (κ2) is 10.5. The predicted molar refractivity (Wildman–Crippen MR) is 135 cm³/mol. The van der Waals surface area contributed by atoms with E-state index in [1.165, 1.54) is 0 Å². The summed E-state index contributed by atoms with van der Waals surface area (Å²) in [5.74, 6) is 2.21. The third kappa shape index (κ3) is 6.68. The van der Waals surface area contributed by atoms with Crippen LogP contribution in [0.15, 0.2) is 36.7 Å². The first-order valence-electron chi connectivity index (χ1n) is 12.0. The molecule has 1 aliphatic rings. The van der Waals surface area contributed by atoms with Gasteiger partial charge in [-0.2, -0.15) is 10.1 Å². The number of nitrogens with one attached hydrogen (secondary N) is 2. The molecule has 0 bridgehead atoms. The molecular weight excluding hydrogens is 468 g/mol. The van der Waals surface area contributed by atoms with Crippen molar-refractivity contribution in [2.45, 2.75) is 57.6 Å². The largest absolute Gasteiger partial charge is 0.493 e. The third-order valence-electron chi connectivity index (χ3n) is 6.43. The lowest BCUT2D eigenvalue weighted by molar-refractivity contribution is -0.000415. The Kier molecular flexibility index (Phi) is 7.58. The minimum Gasteiger partial charge on any atom is -0.493 e. The molecule has 2 heterocycles. The topological polar surface area (TPSA) is 131 Å². The Morgan fingerprint density at radius 2 is 1.97 bits per heavy atom. The fourth-order valence-electron chi connectivity index (χ4n) is 4.51. The fourth-order valence-corrected chi connectivity index (χ4v) is 5.02. The van der Waals surface area contributed by atoms with Crippen molar-refractivity contribution in [3.63, 3.8) is 0 Å². The Balaban J connectivity index is 1.42. The molecule has 0 amide bonds. The monoisotopic (exact) mass is 502 g/mol. The standard InChI is InChI=1S/C24H34N6O4S/c1-24(2,31)17-8-10-18(11-9-17)28-23-25-14-12-22(29-23)30-20-6-4-7-21(19(20)16-26-30)34-15-5-13-27-35(3,32)33/h4,6-7,12,14,16-18,27,31H,5,8-11,13,15H2,1-3H3,(H,25,28,29). The summed E-state index contributed by atoms with van der Waals surface area (Å²) in [6.45, 7) is 4.48. The Morgan fingerprint density at radius 1 is 1.20 bits per heavy atom. The van der Waals surface area contributed by atoms with E-state index in [2.05, 4.69) is 25.1 Å². The number of fused-ring (bicyclic) bond motifs is 1. The van der Waals surface area contributed by atoms with Gasteiger partial charge in [-0.1, -0.05) is 6.07 Å². The Bertz CT molecular complexity index is 1250. The zero-order valence-corrected chi connectivity index (χ0v) is 21.3. The number of benzene rings is 1. The van der Waals surface area contributed by atoms with E-state index < -0.39 is 15.6 Å². The number of hydrogen-bond acceptors (Lipinski definition) is 8. The molecule has 3 N–H and O–H groups in total. The lowest BCUT2D eigenvalue weighted by Crippen LogP contribution is -2.37. The summed E-state index contributed by atoms with van der Waals surface area (Å²) in [6, 6.07) is 7.80. The average molecular weight is 503 g/mol. The van der Waals surface area contributed by atoms with Crippen molar-refractivity contribution in [3.05, 3.63) is 36.7 Å². The van der Waals surface area contributed by atoms with E-state index in [1.54, 1.807) is 17.1 Å². The van der Waals surface area contributed by atoms with Gasteiger partial charge in [-0.3, -0.25) is 0 Å². The minimum atomic E-state index is -3.20. The van der Waals surface area contributed by atoms with E-state index in [0.29, 0.717) is 43.0 Å². The predicted octanol–water partition coefficient (Wildman–Crippen LogP) is 2.88. The van der Waals surface area contributed by atoms with Crippen molar-refractivity contribution < 1.29 is 18.3 Å². The molecule has 1 saturated carbocycles. The van der Waals surface area contributed by atoms with E-state index in [-0.39, 0.29) is 6.04 Å². The number of sulfonamides is 1. The fraction of sp³-hybridized carbons (Fsp3) is 0.542. The molecule has 3 aromatic rings. The molecule has 190 valence electrons. The van der Waals surface area contributed by atoms with Crippen molar-refractivity contribution in [1.82, 2.24) is 24.5 Å². The molecule has 0 aliphatic heterocycles. The van der Waals surface area contributed by atoms with Crippen LogP contribution in [0, 0.1) is 5.92 Å². The summed E-state index contributed by atoms with van der Waals surface area (Å²) < 4.78 is 32.5. The van der Waals surface area contributed by atoms with Gasteiger partial charge in [0.25, 0.3) is 0 Å². The van der Waals surface area contributed by atoms with Gasteiger partial charge in [-0.25, -0.2) is 22.8 Å². The van der Waals surface area contributed by atoms with Crippen molar-refractivity contribution in [3.8, 4) is 11.6 Å². The van der Waals surface area contributed by atoms with E-state index >= 15 is 0 Å². The van der Waals surface area contributed by atoms with Crippen LogP contribution in [0.25, 0.3) is 16.7 Å². The van der Waals surface area contributed by atoms with E-state index in [4.69, 9.17) is 4.74 Å². The van der Waals surface area contributed by atoms with Gasteiger partial charge in [0.05, 0.1) is 35.6 Å². The highest BCUT2D eigenvalue weighted by Crippen LogP contribution is 2.33. The first-order chi connectivity index (χ1) is 16.6. The van der Waals surface area contributed by atoms with Crippen molar-refractivity contribution >= 4 is 26.9 Å². The summed E-state index contributed by atoms with van der Waals surface area (Å²) in [5, 5.41) is 19.1. The number of ether oxygens (including phenoxy) is 1. The Labute approximate surface area is 206 Å². The van der Waals surface area contributed by atoms with Crippen molar-refractivity contribution in [2.75, 3.05) is 24.7 Å². The van der Waals surface area contributed by atoms with E-state index in [1.807, 2.05) is 38.1 Å². The number of aliphatic hydroxyl groups is 1. The zero-order chi connectivity index (χ0) is 25.1. The number of rotatable bonds is 10. The molecular formula is C24H34N6O4S. The van der Waals surface area contributed by atoms with Crippen LogP contribution in [-0.2, 0) is 10.0 Å². The summed E-state index contributed by atoms with van der Waals surface area (Å²) >= 11 is 0. The molecule has 0 spiro atoms. The van der Waals surface area contributed by atoms with Crippen LogP contribution >= 0.6 is 0 Å². The van der Waals surface area contributed by atoms with Gasteiger partial charge >= 0.3 is 0 Å². The number of hydrogen-bond donors (Lipinski definition) is 3. The molecule has 0 atom stereocenters. The summed E-state index contributed by atoms with van der Waals surface area (Å²) in [5.41, 5.74) is 0.213. The summed E-state index contributed by atoms with van der Waals surface area (Å²) in [4.78, 5) is 9.09. The highest BCUT2D eigenvalue weighted by Gasteiger charge is 2.31. The molecule has 35 heavy (non-hydrogen) atoms. The van der Waals surface area contributed by atoms with Gasteiger partial charge in [0.2, 0.25) is 16.0 Å². The molecule has 4 rings (SSSR count). The van der Waals surface area contributed by atoms with Gasteiger partial charge in [0.1, 0.15) is 5.75 Å². The molecule has 0 unspecified atom stereocenters. The van der Waals surface area contributed by atoms with Gasteiger partial charge in [-0.15, -0.1) is 0 Å². The highest BCUT2D eigenvalue weighted by atomic mass is 32.2. The van der Waals surface area contributed by atoms with Crippen LogP contribution in [0.3, 0.4) is 0 Å². The van der Waals surface area contributed by atoms with Gasteiger partial charge in [-0.05, 0) is 64.0 Å². The van der Waals surface area contributed by atoms with Crippen LogP contribution < -0.4 is 14.8 Å². The third-order valence-corrected chi connectivity index (χ3v) is 7.16. The molecule has 11 heteroatoms. The molecule has 1 aromatic carbocycles. The maximum absolute atomic E-state index is 11.2. The Morgan fingerprint density at radius 3 is 2.69 bits per heavy atom. The number of aromatic nitrogens is 4. The first kappa shape index (κ1) is 25.3. The molecule has 0 saturated heterocycles. The van der Waals surface area contributed by atoms with Crippen LogP contribution in [0.4, 0.5) is 5.95 Å². The smallest absolute Gasteiger partial charge is 0.224 e. The summed E-state index contributed by atoms with van der Waals surface area (Å²) in [6.07, 6.45) is 9.02. The Hall–Kier alpha value is -2.76. The molecule has 1 fully saturated rings. The minimum absolute atomic E-state index is 0.274. The maximum atomic E-state index is 11.2. The van der Waals surface area contributed by atoms with Crippen molar-refractivity contribution in [1.29, 1.82) is 0 Å². The molecule has 0 radical (unpaired) electrons. The number of anilines is 1. The highest BCUT2D eigenvalue weighted by molar-refractivity contribution is 7.88. The second-order valence-corrected chi connectivity index (χ2v) is 11.5. The van der Waals surface area contributed by atoms with Gasteiger partial charge in [0.15, 0.2) is 5.82 Å². The normalized spacial score (nSPS) is 19.1. The zero-order valence-electron chi connectivity index (χ0n) is 20.4. The molecule has 2 aromatic heterocycles. The average Bonchev–Trinajstić information content (AvgIpc) is 3.23. The number of nitrogens with zero attached hydrogens (tertiary/aromatic N) is 4. The second-order valence-electron chi connectivity index (χ2n) is 9.70. The lowest BCUT2D eigenvalue weighted by atomic mass is 9.77. The quantitative estimate of drug-likeness (QED) is 0.361. The van der Waals surface area contributed by atoms with Crippen LogP contribution in [-0.4, -0.2) is 64.3 Å². The van der Waals surface area contributed by atoms with Crippen LogP contribution in [0.2, 0.25) is 0 Å². The van der Waals surface area contributed by atoms with E-state index in [0.717, 1.165) is 42.8 Å². The SMILES string of the molecule is CC(C)(O)C1CCC(Nc2nccc(-n3ncc4c(OCCCNS(C)(=O)=O)cccc43)n2)CC1. The van der Waals surface area contributed by atoms with Gasteiger partial charge in [0, 0.05) is 24.8 Å². The maximum Gasteiger partial charge on any atom is 0.224 e. The lowest BCUT2D eigenvalue weighted by Gasteiger charge is -2.36. The van der Waals surface area contributed by atoms with Crippen molar-refractivity contribution in [2.24, 2.45) is 5.92 Å². The van der Waals surface area contributed by atoms with Crippen LogP contribution in [0.5, 0.6) is 5.75 Å².